The van der Waals surface area contributed by atoms with E-state index in [9.17, 15) is 17.6 Å². The van der Waals surface area contributed by atoms with E-state index in [4.69, 9.17) is 4.74 Å². The number of carbonyl (C=O) groups excluding carboxylic acids is 1. The summed E-state index contributed by atoms with van der Waals surface area (Å²) in [6.45, 7) is 6.35. The zero-order valence-electron chi connectivity index (χ0n) is 19.2. The molecular weight excluding hydrogens is 463 g/mol. The lowest BCUT2D eigenvalue weighted by Gasteiger charge is -2.29. The van der Waals surface area contributed by atoms with Crippen LogP contribution in [0.15, 0.2) is 41.6 Å². The van der Waals surface area contributed by atoms with Gasteiger partial charge >= 0.3 is 6.09 Å². The van der Waals surface area contributed by atoms with E-state index in [2.05, 4.69) is 20.5 Å². The van der Waals surface area contributed by atoms with Gasteiger partial charge in [-0.15, -0.1) is 10.2 Å². The summed E-state index contributed by atoms with van der Waals surface area (Å²) in [7, 11) is -3.67. The third kappa shape index (κ3) is 5.01. The van der Waals surface area contributed by atoms with Crippen LogP contribution in [0.1, 0.15) is 33.0 Å². The van der Waals surface area contributed by atoms with Crippen molar-refractivity contribution >= 4 is 38.7 Å². The first kappa shape index (κ1) is 23.6. The van der Waals surface area contributed by atoms with Crippen LogP contribution in [0.2, 0.25) is 0 Å². The molecule has 2 aromatic heterocycles. The van der Waals surface area contributed by atoms with Gasteiger partial charge in [0.25, 0.3) is 0 Å². The zero-order valence-corrected chi connectivity index (χ0v) is 20.1. The van der Waals surface area contributed by atoms with Gasteiger partial charge in [0.2, 0.25) is 5.65 Å². The molecule has 0 aliphatic carbocycles. The Kier molecular flexibility index (Phi) is 6.02. The number of hydrogen-bond donors (Lipinski definition) is 1. The normalized spacial score (nSPS) is 14.7. The second kappa shape index (κ2) is 8.67. The summed E-state index contributed by atoms with van der Waals surface area (Å²) < 4.78 is 44.7. The maximum Gasteiger partial charge on any atom is 0.410 e. The summed E-state index contributed by atoms with van der Waals surface area (Å²) in [4.78, 5) is 17.8. The molecule has 4 rings (SSSR count). The first-order chi connectivity index (χ1) is 15.9. The Labute approximate surface area is 196 Å². The molecule has 12 heteroatoms. The molecule has 0 unspecified atom stereocenters. The monoisotopic (exact) mass is 488 g/mol. The van der Waals surface area contributed by atoms with Crippen molar-refractivity contribution < 1.29 is 22.3 Å². The van der Waals surface area contributed by atoms with Gasteiger partial charge in [0.1, 0.15) is 16.3 Å². The zero-order chi connectivity index (χ0) is 24.7. The van der Waals surface area contributed by atoms with Crippen LogP contribution in [0.3, 0.4) is 0 Å². The second-order valence-corrected chi connectivity index (χ2v) is 10.9. The molecule has 0 saturated carbocycles. The van der Waals surface area contributed by atoms with Gasteiger partial charge in [0, 0.05) is 37.4 Å². The van der Waals surface area contributed by atoms with E-state index in [1.807, 2.05) is 26.8 Å². The lowest BCUT2D eigenvalue weighted by atomic mass is 10.1. The maximum atomic E-state index is 14.3. The predicted octanol–water partition coefficient (Wildman–Crippen LogP) is 3.43. The molecule has 10 nitrogen and oxygen atoms in total. The number of nitrogens with zero attached hydrogens (tertiary/aromatic N) is 5. The van der Waals surface area contributed by atoms with Gasteiger partial charge in [0.15, 0.2) is 21.5 Å². The lowest BCUT2D eigenvalue weighted by molar-refractivity contribution is 0.0270. The number of carbonyl (C=O) groups is 1. The van der Waals surface area contributed by atoms with Crippen LogP contribution >= 0.6 is 0 Å². The van der Waals surface area contributed by atoms with Crippen molar-refractivity contribution in [1.29, 1.82) is 0 Å². The first-order valence-electron chi connectivity index (χ1n) is 10.6. The summed E-state index contributed by atoms with van der Waals surface area (Å²) in [5.74, 6) is 0.0888. The number of fused-ring (bicyclic) bond motifs is 1. The highest BCUT2D eigenvalue weighted by molar-refractivity contribution is 7.90. The molecule has 0 atom stereocenters. The number of anilines is 2. The fourth-order valence-electron chi connectivity index (χ4n) is 3.51. The number of sulfone groups is 1. The minimum absolute atomic E-state index is 0.319. The van der Waals surface area contributed by atoms with Gasteiger partial charge in [-0.05, 0) is 51.0 Å². The van der Waals surface area contributed by atoms with E-state index in [1.54, 1.807) is 21.7 Å². The van der Waals surface area contributed by atoms with Gasteiger partial charge in [-0.2, -0.15) is 0 Å². The molecule has 3 heterocycles. The maximum absolute atomic E-state index is 14.3. The molecule has 1 N–H and O–H groups in total. The van der Waals surface area contributed by atoms with Crippen molar-refractivity contribution in [3.63, 3.8) is 0 Å². The Morgan fingerprint density at radius 2 is 2.00 bits per heavy atom. The molecule has 1 aliphatic heterocycles. The van der Waals surface area contributed by atoms with Crippen molar-refractivity contribution in [2.24, 2.45) is 0 Å². The fraction of sp³-hybridized carbons (Fsp3) is 0.364. The summed E-state index contributed by atoms with van der Waals surface area (Å²) in [6.07, 6.45) is 6.34. The van der Waals surface area contributed by atoms with E-state index in [1.165, 1.54) is 12.1 Å². The third-order valence-corrected chi connectivity index (χ3v) is 6.20. The van der Waals surface area contributed by atoms with E-state index in [0.29, 0.717) is 42.5 Å². The molecule has 0 radical (unpaired) electrons. The summed E-state index contributed by atoms with van der Waals surface area (Å²) in [6, 6.07) is 3.75. The highest BCUT2D eigenvalue weighted by atomic mass is 32.2. The molecule has 180 valence electrons. The quantitative estimate of drug-likeness (QED) is 0.593. The second-order valence-electron chi connectivity index (χ2n) is 8.94. The number of ether oxygens (including phenoxy) is 1. The van der Waals surface area contributed by atoms with Crippen LogP contribution in [0.5, 0.6) is 0 Å². The number of amides is 1. The fourth-order valence-corrected chi connectivity index (χ4v) is 4.24. The van der Waals surface area contributed by atoms with Crippen molar-refractivity contribution in [3.05, 3.63) is 48.3 Å². The van der Waals surface area contributed by atoms with Crippen molar-refractivity contribution in [1.82, 2.24) is 24.5 Å². The van der Waals surface area contributed by atoms with Crippen molar-refractivity contribution in [2.45, 2.75) is 37.7 Å². The number of benzene rings is 1. The molecule has 0 saturated heterocycles. The van der Waals surface area contributed by atoms with E-state index in [-0.39, 0.29) is 11.0 Å². The number of nitrogens with one attached hydrogen (secondary N) is 1. The topological polar surface area (TPSA) is 119 Å². The van der Waals surface area contributed by atoms with Gasteiger partial charge < -0.3 is 15.0 Å². The predicted molar refractivity (Wildman–Crippen MR) is 124 cm³/mol. The van der Waals surface area contributed by atoms with Crippen molar-refractivity contribution in [3.8, 4) is 0 Å². The lowest BCUT2D eigenvalue weighted by Crippen LogP contribution is -2.39. The van der Waals surface area contributed by atoms with Crippen LogP contribution in [0, 0.1) is 5.82 Å². The number of rotatable bonds is 4. The Hall–Kier alpha value is -3.54. The highest BCUT2D eigenvalue weighted by Gasteiger charge is 2.25. The van der Waals surface area contributed by atoms with Gasteiger partial charge in [-0.3, -0.25) is 4.40 Å². The highest BCUT2D eigenvalue weighted by Crippen LogP contribution is 2.26. The molecule has 1 aromatic carbocycles. The van der Waals surface area contributed by atoms with Crippen molar-refractivity contribution in [2.75, 3.05) is 24.7 Å². The molecule has 0 fully saturated rings. The summed E-state index contributed by atoms with van der Waals surface area (Å²) in [5.41, 5.74) is 1.10. The molecule has 1 aliphatic rings. The molecule has 3 aromatic rings. The molecule has 0 spiro atoms. The molecule has 1 amide bonds. The van der Waals surface area contributed by atoms with Gasteiger partial charge in [0.05, 0.1) is 0 Å². The Morgan fingerprint density at radius 3 is 2.62 bits per heavy atom. The molecule has 0 bridgehead atoms. The number of halogens is 1. The molecular formula is C22H25FN6O4S. The standard InChI is InChI=1S/C22H25FN6O4S/c1-22(2,3)33-21(30)28-10-7-14(8-11-28)19-26-27-20-18(24-9-12-29(19)20)25-15-5-6-17(16(23)13-15)34(4,31)32/h5-7,9,12-13H,8,10-11H2,1-4H3,(H,24,25). The molecule has 34 heavy (non-hydrogen) atoms. The van der Waals surface area contributed by atoms with E-state index >= 15 is 0 Å². The van der Waals surface area contributed by atoms with Crippen LogP contribution in [0.4, 0.5) is 20.7 Å². The van der Waals surface area contributed by atoms with Crippen LogP contribution in [0.25, 0.3) is 11.2 Å². The average molecular weight is 489 g/mol. The largest absolute Gasteiger partial charge is 0.444 e. The van der Waals surface area contributed by atoms with Crippen LogP contribution < -0.4 is 5.32 Å². The van der Waals surface area contributed by atoms with E-state index in [0.717, 1.165) is 17.9 Å². The average Bonchev–Trinajstić information content (AvgIpc) is 3.17. The Morgan fingerprint density at radius 1 is 1.24 bits per heavy atom. The minimum atomic E-state index is -3.67. The Bertz CT molecular complexity index is 1390. The van der Waals surface area contributed by atoms with Gasteiger partial charge in [-0.25, -0.2) is 22.6 Å². The van der Waals surface area contributed by atoms with Gasteiger partial charge in [-0.1, -0.05) is 6.08 Å². The van der Waals surface area contributed by atoms with Crippen LogP contribution in [-0.2, 0) is 14.6 Å². The number of aromatic nitrogens is 4. The smallest absolute Gasteiger partial charge is 0.410 e. The van der Waals surface area contributed by atoms with Crippen LogP contribution in [-0.4, -0.2) is 63.9 Å². The number of hydrogen-bond acceptors (Lipinski definition) is 8. The SMILES string of the molecule is CC(C)(C)OC(=O)N1CC=C(c2nnc3c(Nc4ccc(S(C)(=O)=O)c(F)c4)nccn23)CC1. The first-order valence-corrected chi connectivity index (χ1v) is 12.5. The van der Waals surface area contributed by atoms with E-state index < -0.39 is 21.3 Å². The third-order valence-electron chi connectivity index (χ3n) is 5.07. The summed E-state index contributed by atoms with van der Waals surface area (Å²) >= 11 is 0. The Balaban J connectivity index is 1.56. The minimum Gasteiger partial charge on any atom is -0.444 e. The summed E-state index contributed by atoms with van der Waals surface area (Å²) in [5, 5.41) is 11.5.